The molecule has 0 radical (unpaired) electrons. The summed E-state index contributed by atoms with van der Waals surface area (Å²) in [5, 5.41) is 0. The van der Waals surface area contributed by atoms with Crippen LogP contribution in [0.15, 0.2) is 18.2 Å². The first-order valence-electron chi connectivity index (χ1n) is 7.11. The van der Waals surface area contributed by atoms with Crippen LogP contribution in [0, 0.1) is 5.41 Å². The monoisotopic (exact) mass is 284 g/mol. The van der Waals surface area contributed by atoms with E-state index in [0.29, 0.717) is 11.1 Å². The highest BCUT2D eigenvalue weighted by Crippen LogP contribution is 2.46. The molecule has 5 heteroatoms. The first-order valence-corrected chi connectivity index (χ1v) is 7.11. The predicted octanol–water partition coefficient (Wildman–Crippen LogP) is 4.06. The fourth-order valence-corrected chi connectivity index (χ4v) is 3.55. The van der Waals surface area contributed by atoms with Crippen molar-refractivity contribution in [2.24, 2.45) is 5.41 Å². The Bertz CT molecular complexity index is 496. The van der Waals surface area contributed by atoms with E-state index in [1.807, 2.05) is 4.90 Å². The molecule has 1 aromatic rings. The Balaban J connectivity index is 1.76. The summed E-state index contributed by atoms with van der Waals surface area (Å²) in [4.78, 5) is 2.04. The van der Waals surface area contributed by atoms with Gasteiger partial charge in [0.25, 0.3) is 0 Å². The minimum atomic E-state index is -4.38. The van der Waals surface area contributed by atoms with Crippen LogP contribution in [0.5, 0.6) is 0 Å². The maximum absolute atomic E-state index is 12.9. The summed E-state index contributed by atoms with van der Waals surface area (Å²) in [6, 6.07) is 4.25. The summed E-state index contributed by atoms with van der Waals surface area (Å²) in [5.41, 5.74) is 5.51. The lowest BCUT2D eigenvalue weighted by atomic mass is 9.68. The maximum Gasteiger partial charge on any atom is 0.418 e. The van der Waals surface area contributed by atoms with E-state index in [-0.39, 0.29) is 5.69 Å². The highest BCUT2D eigenvalue weighted by molar-refractivity contribution is 5.61. The molecule has 1 saturated heterocycles. The van der Waals surface area contributed by atoms with Crippen LogP contribution < -0.4 is 10.6 Å². The average molecular weight is 284 g/mol. The van der Waals surface area contributed by atoms with Crippen LogP contribution in [-0.2, 0) is 6.18 Å². The molecule has 20 heavy (non-hydrogen) atoms. The van der Waals surface area contributed by atoms with Crippen LogP contribution in [0.4, 0.5) is 24.5 Å². The molecule has 2 nitrogen and oxygen atoms in total. The lowest BCUT2D eigenvalue weighted by molar-refractivity contribution is -0.136. The molecule has 1 spiro atoms. The van der Waals surface area contributed by atoms with Crippen LogP contribution >= 0.6 is 0 Å². The Morgan fingerprint density at radius 2 is 1.70 bits per heavy atom. The molecule has 2 fully saturated rings. The van der Waals surface area contributed by atoms with Gasteiger partial charge in [-0.2, -0.15) is 13.2 Å². The summed E-state index contributed by atoms with van der Waals surface area (Å²) in [5.74, 6) is 0. The minimum Gasteiger partial charge on any atom is -0.398 e. The highest BCUT2D eigenvalue weighted by Gasteiger charge is 2.44. The number of halogens is 3. The van der Waals surface area contributed by atoms with Gasteiger partial charge in [-0.25, -0.2) is 0 Å². The second kappa shape index (κ2) is 4.57. The minimum absolute atomic E-state index is 0.200. The van der Waals surface area contributed by atoms with Gasteiger partial charge in [-0.05, 0) is 31.0 Å². The second-order valence-electron chi connectivity index (χ2n) is 6.19. The van der Waals surface area contributed by atoms with Gasteiger partial charge in [0.15, 0.2) is 0 Å². The summed E-state index contributed by atoms with van der Waals surface area (Å²) in [7, 11) is 0. The molecule has 110 valence electrons. The molecule has 0 bridgehead atoms. The second-order valence-corrected chi connectivity index (χ2v) is 6.19. The average Bonchev–Trinajstić information content (AvgIpc) is 2.36. The topological polar surface area (TPSA) is 29.3 Å². The standard InChI is InChI=1S/C15H19F3N2/c16-15(17,18)12-8-11(4-5-13(12)19)20-9-14(10-20)6-2-1-3-7-14/h4-5,8H,1-3,6-7,9-10,19H2. The van der Waals surface area contributed by atoms with Gasteiger partial charge in [0, 0.05) is 29.9 Å². The van der Waals surface area contributed by atoms with E-state index in [4.69, 9.17) is 5.73 Å². The van der Waals surface area contributed by atoms with Crippen molar-refractivity contribution in [1.29, 1.82) is 0 Å². The van der Waals surface area contributed by atoms with Crippen molar-refractivity contribution < 1.29 is 13.2 Å². The number of anilines is 2. The summed E-state index contributed by atoms with van der Waals surface area (Å²) in [6.07, 6.45) is 1.84. The molecule has 0 atom stereocenters. The number of rotatable bonds is 1. The molecule has 1 aliphatic heterocycles. The Labute approximate surface area is 116 Å². The molecule has 2 aliphatic rings. The van der Waals surface area contributed by atoms with E-state index < -0.39 is 11.7 Å². The van der Waals surface area contributed by atoms with Gasteiger partial charge in [0.05, 0.1) is 5.56 Å². The molecular weight excluding hydrogens is 265 g/mol. The molecule has 0 amide bonds. The summed E-state index contributed by atoms with van der Waals surface area (Å²) >= 11 is 0. The zero-order chi connectivity index (χ0) is 14.4. The molecule has 1 saturated carbocycles. The molecule has 1 aliphatic carbocycles. The Kier molecular flexibility index (Phi) is 3.10. The van der Waals surface area contributed by atoms with Crippen molar-refractivity contribution in [2.75, 3.05) is 23.7 Å². The van der Waals surface area contributed by atoms with Gasteiger partial charge in [0.2, 0.25) is 0 Å². The third kappa shape index (κ3) is 2.34. The first-order chi connectivity index (χ1) is 9.40. The molecule has 0 unspecified atom stereocenters. The zero-order valence-electron chi connectivity index (χ0n) is 11.3. The van der Waals surface area contributed by atoms with E-state index in [0.717, 1.165) is 13.1 Å². The van der Waals surface area contributed by atoms with Gasteiger partial charge >= 0.3 is 6.18 Å². The molecule has 3 rings (SSSR count). The number of nitrogens with two attached hydrogens (primary N) is 1. The number of hydrogen-bond donors (Lipinski definition) is 1. The van der Waals surface area contributed by atoms with Gasteiger partial charge in [-0.1, -0.05) is 19.3 Å². The van der Waals surface area contributed by atoms with Crippen molar-refractivity contribution in [3.05, 3.63) is 23.8 Å². The summed E-state index contributed by atoms with van der Waals surface area (Å²) in [6.45, 7) is 1.77. The Hall–Kier alpha value is -1.39. The Morgan fingerprint density at radius 3 is 2.30 bits per heavy atom. The number of hydrogen-bond acceptors (Lipinski definition) is 2. The van der Waals surface area contributed by atoms with Crippen molar-refractivity contribution in [3.63, 3.8) is 0 Å². The quantitative estimate of drug-likeness (QED) is 0.788. The Morgan fingerprint density at radius 1 is 1.05 bits per heavy atom. The lowest BCUT2D eigenvalue weighted by Crippen LogP contribution is -2.57. The zero-order valence-corrected chi connectivity index (χ0v) is 11.3. The largest absolute Gasteiger partial charge is 0.418 e. The van der Waals surface area contributed by atoms with E-state index in [1.54, 1.807) is 6.07 Å². The fourth-order valence-electron chi connectivity index (χ4n) is 3.55. The predicted molar refractivity (Wildman–Crippen MR) is 73.6 cm³/mol. The molecular formula is C15H19F3N2. The number of benzene rings is 1. The summed E-state index contributed by atoms with van der Waals surface area (Å²) < 4.78 is 38.6. The third-order valence-electron chi connectivity index (χ3n) is 4.67. The number of nitrogens with zero attached hydrogens (tertiary/aromatic N) is 1. The van der Waals surface area contributed by atoms with Gasteiger partial charge in [-0.3, -0.25) is 0 Å². The first kappa shape index (κ1) is 13.6. The van der Waals surface area contributed by atoms with Crippen molar-refractivity contribution >= 4 is 11.4 Å². The van der Waals surface area contributed by atoms with Crippen LogP contribution in [-0.4, -0.2) is 13.1 Å². The molecule has 2 N–H and O–H groups in total. The smallest absolute Gasteiger partial charge is 0.398 e. The van der Waals surface area contributed by atoms with Crippen molar-refractivity contribution in [3.8, 4) is 0 Å². The fraction of sp³-hybridized carbons (Fsp3) is 0.600. The van der Waals surface area contributed by atoms with Gasteiger partial charge in [0.1, 0.15) is 0 Å². The van der Waals surface area contributed by atoms with Crippen LogP contribution in [0.3, 0.4) is 0 Å². The molecule has 0 aromatic heterocycles. The van der Waals surface area contributed by atoms with Gasteiger partial charge < -0.3 is 10.6 Å². The van der Waals surface area contributed by atoms with Crippen molar-refractivity contribution in [1.82, 2.24) is 0 Å². The van der Waals surface area contributed by atoms with Crippen LogP contribution in [0.2, 0.25) is 0 Å². The number of alkyl halides is 3. The SMILES string of the molecule is Nc1ccc(N2CC3(CCCCC3)C2)cc1C(F)(F)F. The lowest BCUT2D eigenvalue weighted by Gasteiger charge is -2.53. The van der Waals surface area contributed by atoms with E-state index >= 15 is 0 Å². The maximum atomic E-state index is 12.9. The number of nitrogen functional groups attached to an aromatic ring is 1. The van der Waals surface area contributed by atoms with Crippen molar-refractivity contribution in [2.45, 2.75) is 38.3 Å². The van der Waals surface area contributed by atoms with E-state index in [9.17, 15) is 13.2 Å². The highest BCUT2D eigenvalue weighted by atomic mass is 19.4. The van der Waals surface area contributed by atoms with Crippen LogP contribution in [0.25, 0.3) is 0 Å². The normalized spacial score (nSPS) is 21.9. The van der Waals surface area contributed by atoms with E-state index in [2.05, 4.69) is 0 Å². The molecule has 1 heterocycles. The van der Waals surface area contributed by atoms with Crippen LogP contribution in [0.1, 0.15) is 37.7 Å². The van der Waals surface area contributed by atoms with Gasteiger partial charge in [-0.15, -0.1) is 0 Å². The third-order valence-corrected chi connectivity index (χ3v) is 4.67. The molecule has 1 aromatic carbocycles. The van der Waals surface area contributed by atoms with E-state index in [1.165, 1.54) is 44.2 Å².